The summed E-state index contributed by atoms with van der Waals surface area (Å²) in [7, 11) is 1.24. The number of hydrogen-bond acceptors (Lipinski definition) is 18. The second kappa shape index (κ2) is 32.0. The molecule has 2 aromatic rings. The van der Waals surface area contributed by atoms with Crippen LogP contribution >= 0.6 is 0 Å². The van der Waals surface area contributed by atoms with E-state index in [4.69, 9.17) is 28.4 Å². The van der Waals surface area contributed by atoms with Crippen LogP contribution in [0.2, 0.25) is 0 Å². The molecule has 1 amide bonds. The fourth-order valence-corrected chi connectivity index (χ4v) is 11.1. The number of carbonyl (C=O) groups is 3. The first-order chi connectivity index (χ1) is 39.6. The number of ether oxygens (including phenoxy) is 6. The highest BCUT2D eigenvalue weighted by Gasteiger charge is 2.52. The smallest absolute Gasteiger partial charge is 0.407 e. The Morgan fingerprint density at radius 1 is 0.639 bits per heavy atom. The second-order valence-corrected chi connectivity index (χ2v) is 22.2. The molecule has 20 nitrogen and oxygen atoms in total. The summed E-state index contributed by atoms with van der Waals surface area (Å²) in [6.07, 6.45) is 2.37. The van der Waals surface area contributed by atoms with Gasteiger partial charge in [0.05, 0.1) is 73.5 Å². The van der Waals surface area contributed by atoms with Crippen LogP contribution in [-0.2, 0) is 38.0 Å². The molecule has 0 aromatic heterocycles. The Kier molecular flexibility index (Phi) is 25.6. The quantitative estimate of drug-likeness (QED) is 0.164. The predicted molar refractivity (Wildman–Crippen MR) is 306 cm³/mol. The molecule has 83 heavy (non-hydrogen) atoms. The molecular weight excluding hydrogens is 1070 g/mol. The first-order valence-electron chi connectivity index (χ1n) is 28.5. The molecule has 3 heterocycles. The number of benzene rings is 2. The number of rotatable bonds is 7. The number of amides is 1. The van der Waals surface area contributed by atoms with Crippen LogP contribution in [0.3, 0.4) is 0 Å². The van der Waals surface area contributed by atoms with Crippen LogP contribution < -0.4 is 5.32 Å². The molecule has 2 fully saturated rings. The molecule has 0 saturated carbocycles. The van der Waals surface area contributed by atoms with Crippen molar-refractivity contribution in [1.29, 1.82) is 0 Å². The maximum atomic E-state index is 13.5. The van der Waals surface area contributed by atoms with Crippen molar-refractivity contribution >= 4 is 18.0 Å². The van der Waals surface area contributed by atoms with E-state index in [2.05, 4.69) is 5.32 Å². The summed E-state index contributed by atoms with van der Waals surface area (Å²) >= 11 is 0. The van der Waals surface area contributed by atoms with Crippen molar-refractivity contribution in [2.24, 2.45) is 17.8 Å². The van der Waals surface area contributed by atoms with E-state index in [1.54, 1.807) is 74.6 Å². The molecule has 11 N–H and O–H groups in total. The molecule has 1 unspecified atom stereocenters. The van der Waals surface area contributed by atoms with E-state index >= 15 is 0 Å². The SMILES string of the molecule is CO[C@]12C[C@@H](O)C[C@@H](O)[C@H](O)CC[C@@H](O)C[C@@H](O)CC(=O)O[C@@H](C)[C@H](C)[C@H](O)[C@@H](C)/C=C/C=C/C=C/C=C/C=C/C=C/C=C/[C@H](O[C@@H]3O[C@H](C)[C@@H](O)[C@H](NC(=O)OCC4c5ccccc5-c5ccccc54)[C@@H]3O)CC(O1)[C@H](C(=O)O)[C@@H](O)C2. The topological polar surface area (TPSA) is 321 Å². The fraction of sp³-hybridized carbons (Fsp3) is 0.540. The number of nitrogens with one attached hydrogen (secondary N) is 1. The van der Waals surface area contributed by atoms with Crippen LogP contribution in [0.15, 0.2) is 134 Å². The van der Waals surface area contributed by atoms with Gasteiger partial charge in [-0.25, -0.2) is 4.79 Å². The number of carboxylic acids is 1. The largest absolute Gasteiger partial charge is 0.481 e. The Bertz CT molecular complexity index is 2570. The number of carboxylic acid groups (broad SMARTS) is 1. The van der Waals surface area contributed by atoms with Gasteiger partial charge in [-0.3, -0.25) is 9.59 Å². The molecule has 20 heteroatoms. The van der Waals surface area contributed by atoms with Crippen LogP contribution in [0.5, 0.6) is 0 Å². The average Bonchev–Trinajstić information content (AvgIpc) is 3.88. The van der Waals surface area contributed by atoms with Gasteiger partial charge < -0.3 is 84.8 Å². The highest BCUT2D eigenvalue weighted by atomic mass is 16.7. The molecule has 2 saturated heterocycles. The standard InChI is InChI=1S/C63H85NO19/c1-37-22-16-14-12-10-8-6-7-9-11-13-15-17-23-44(82-61-59(74)56(58(73)40(4)81-61)64-62(77)79-36-49-47-26-20-18-24-45(47)46-25-19-21-27-48(46)49)33-53-55(60(75)76)52(70)35-63(78-5,83-53)34-43(67)31-51(69)50(68)29-28-41(65)30-42(66)32-54(71)80-39(3)38(2)57(37)72/h6-27,37-44,49-53,55-59,61,65-70,72-74H,28-36H2,1-5H3,(H,64,77)(H,75,76)/b7-6+,10-8+,11-9+,14-12+,15-13+,22-16+,23-17+/t37-,38-,39-,40+,41+,42+,43-,44-,50+,51+,52-,53?,55+,56-,57+,58+,59-,61-,63+/m0/s1. The van der Waals surface area contributed by atoms with E-state index in [0.717, 1.165) is 22.3 Å². The molecular formula is C63H85NO19. The van der Waals surface area contributed by atoms with E-state index in [9.17, 15) is 65.4 Å². The van der Waals surface area contributed by atoms with Crippen molar-refractivity contribution in [2.45, 2.75) is 182 Å². The van der Waals surface area contributed by atoms with Gasteiger partial charge in [-0.1, -0.05) is 147 Å². The molecule has 0 spiro atoms. The molecule has 3 aliphatic heterocycles. The minimum absolute atomic E-state index is 0.0457. The molecule has 4 aliphatic rings. The number of fused-ring (bicyclic) bond motifs is 5. The highest BCUT2D eigenvalue weighted by Crippen LogP contribution is 2.45. The molecule has 2 bridgehead atoms. The summed E-state index contributed by atoms with van der Waals surface area (Å²) in [6, 6.07) is 14.3. The van der Waals surface area contributed by atoms with E-state index in [1.165, 1.54) is 20.1 Å². The van der Waals surface area contributed by atoms with Crippen molar-refractivity contribution < 1.29 is 93.9 Å². The summed E-state index contributed by atoms with van der Waals surface area (Å²) in [4.78, 5) is 39.2. The van der Waals surface area contributed by atoms with Gasteiger partial charge in [0, 0.05) is 50.5 Å². The van der Waals surface area contributed by atoms with Crippen LogP contribution in [0.1, 0.15) is 96.1 Å². The molecule has 6 rings (SSSR count). The average molecular weight is 1160 g/mol. The van der Waals surface area contributed by atoms with Crippen molar-refractivity contribution in [3.8, 4) is 11.1 Å². The van der Waals surface area contributed by atoms with Gasteiger partial charge in [-0.05, 0) is 55.4 Å². The first-order valence-corrected chi connectivity index (χ1v) is 28.5. The third kappa shape index (κ3) is 18.9. The van der Waals surface area contributed by atoms with Crippen LogP contribution in [-0.4, -0.2) is 180 Å². The van der Waals surface area contributed by atoms with E-state index in [1.807, 2.05) is 73.7 Å². The lowest BCUT2D eigenvalue weighted by Gasteiger charge is -2.47. The summed E-state index contributed by atoms with van der Waals surface area (Å²) in [5.41, 5.74) is 4.02. The third-order valence-electron chi connectivity index (χ3n) is 15.9. The normalized spacial score (nSPS) is 38.6. The van der Waals surface area contributed by atoms with Crippen molar-refractivity contribution in [1.82, 2.24) is 5.32 Å². The van der Waals surface area contributed by atoms with Crippen LogP contribution in [0.4, 0.5) is 4.79 Å². The third-order valence-corrected chi connectivity index (χ3v) is 15.9. The van der Waals surface area contributed by atoms with Gasteiger partial charge in [0.15, 0.2) is 12.1 Å². The number of aliphatic hydroxyl groups excluding tert-OH is 9. The van der Waals surface area contributed by atoms with Gasteiger partial charge in [0.2, 0.25) is 0 Å². The predicted octanol–water partition coefficient (Wildman–Crippen LogP) is 4.95. The van der Waals surface area contributed by atoms with E-state index < -0.39 is 153 Å². The minimum Gasteiger partial charge on any atom is -0.481 e. The lowest BCUT2D eigenvalue weighted by atomic mass is 9.82. The molecule has 19 atom stereocenters. The van der Waals surface area contributed by atoms with Crippen molar-refractivity contribution in [2.75, 3.05) is 13.7 Å². The second-order valence-electron chi connectivity index (χ2n) is 22.2. The Balaban J connectivity index is 1.21. The number of aliphatic hydroxyl groups is 9. The molecule has 1 aliphatic carbocycles. The number of cyclic esters (lactones) is 1. The van der Waals surface area contributed by atoms with Crippen molar-refractivity contribution in [3.05, 3.63) is 145 Å². The lowest BCUT2D eigenvalue weighted by Crippen LogP contribution is -2.64. The zero-order chi connectivity index (χ0) is 60.4. The van der Waals surface area contributed by atoms with Gasteiger partial charge in [0.25, 0.3) is 0 Å². The van der Waals surface area contributed by atoms with Crippen molar-refractivity contribution in [3.63, 3.8) is 0 Å². The summed E-state index contributed by atoms with van der Waals surface area (Å²) in [6.45, 7) is 6.69. The monoisotopic (exact) mass is 1160 g/mol. The number of aliphatic carboxylic acids is 1. The lowest BCUT2D eigenvalue weighted by molar-refractivity contribution is -0.317. The maximum absolute atomic E-state index is 13.5. The Hall–Kier alpha value is -5.69. The number of carbonyl (C=O) groups excluding carboxylic acids is 2. The number of hydrogen-bond donors (Lipinski definition) is 11. The molecule has 0 radical (unpaired) electrons. The first kappa shape index (κ1) is 66.4. The molecule has 2 aromatic carbocycles. The Morgan fingerprint density at radius 2 is 1.22 bits per heavy atom. The van der Waals surface area contributed by atoms with Crippen LogP contribution in [0.25, 0.3) is 11.1 Å². The fourth-order valence-electron chi connectivity index (χ4n) is 11.1. The summed E-state index contributed by atoms with van der Waals surface area (Å²) in [5, 5.41) is 113. The maximum Gasteiger partial charge on any atom is 0.407 e. The van der Waals surface area contributed by atoms with Gasteiger partial charge in [-0.15, -0.1) is 0 Å². The highest BCUT2D eigenvalue weighted by molar-refractivity contribution is 5.79. The summed E-state index contributed by atoms with van der Waals surface area (Å²) in [5.74, 6) is -6.63. The minimum atomic E-state index is -1.86. The number of methoxy groups -OCH3 is 1. The van der Waals surface area contributed by atoms with Crippen LogP contribution in [0, 0.1) is 17.8 Å². The van der Waals surface area contributed by atoms with Gasteiger partial charge in [-0.2, -0.15) is 0 Å². The van der Waals surface area contributed by atoms with Gasteiger partial charge in [0.1, 0.15) is 30.8 Å². The molecule has 456 valence electrons. The number of esters is 1. The van der Waals surface area contributed by atoms with E-state index in [-0.39, 0.29) is 44.1 Å². The van der Waals surface area contributed by atoms with Gasteiger partial charge >= 0.3 is 18.0 Å². The Labute approximate surface area is 485 Å². The zero-order valence-corrected chi connectivity index (χ0v) is 47.7. The summed E-state index contributed by atoms with van der Waals surface area (Å²) < 4.78 is 35.8. The Morgan fingerprint density at radius 3 is 1.81 bits per heavy atom. The number of alkyl carbamates (subject to hydrolysis) is 1. The zero-order valence-electron chi connectivity index (χ0n) is 47.7. The van der Waals surface area contributed by atoms with E-state index in [0.29, 0.717) is 0 Å². The number of allylic oxidation sites excluding steroid dienone is 12.